The first kappa shape index (κ1) is 28.5. The number of hydrogen-bond acceptors (Lipinski definition) is 13. The molecule has 0 N–H and O–H groups in total. The number of pyridine rings is 2. The zero-order valence-corrected chi connectivity index (χ0v) is 23.1. The maximum atomic E-state index is 10.2. The van der Waals surface area contributed by atoms with Crippen LogP contribution in [0.4, 0.5) is 11.6 Å². The molecule has 0 radical (unpaired) electrons. The number of rotatable bonds is 2. The van der Waals surface area contributed by atoms with Crippen LogP contribution in [0.3, 0.4) is 0 Å². The zero-order valence-electron chi connectivity index (χ0n) is 23.1. The Bertz CT molecular complexity index is 2630. The average molecular weight is 602 g/mol. The highest BCUT2D eigenvalue weighted by Gasteiger charge is 2.23. The SMILES string of the molecule is [C-]#[N+]c1nc(C#N)nc(C#N)c1/C(C#N)=c1\ccc2c3ccoc3c3cc/c(=C(/C#N)c4c(C#N)nc(C#N)nc4[N+]#[C-])nc3c2n1. The van der Waals surface area contributed by atoms with E-state index in [0.717, 1.165) is 0 Å². The number of benzene rings is 1. The fraction of sp³-hybridized carbons (Fsp3) is 0. The largest absolute Gasteiger partial charge is 0.464 e. The molecule has 0 fully saturated rings. The second kappa shape index (κ2) is 11.2. The normalized spacial score (nSPS) is 11.5. The molecule has 5 heterocycles. The van der Waals surface area contributed by atoms with Crippen molar-refractivity contribution in [3.63, 3.8) is 0 Å². The maximum absolute atomic E-state index is 10.2. The molecule has 15 nitrogen and oxygen atoms in total. The molecular weight excluding hydrogens is 596 g/mol. The first-order valence-electron chi connectivity index (χ1n) is 12.8. The van der Waals surface area contributed by atoms with Crippen molar-refractivity contribution in [1.29, 1.82) is 31.6 Å². The molecule has 0 aliphatic rings. The second-order valence-corrected chi connectivity index (χ2v) is 9.18. The van der Waals surface area contributed by atoms with Crippen LogP contribution in [0.2, 0.25) is 0 Å². The molecule has 6 aromatic rings. The lowest BCUT2D eigenvalue weighted by Crippen LogP contribution is -2.16. The van der Waals surface area contributed by atoms with Gasteiger partial charge >= 0.3 is 11.6 Å². The van der Waals surface area contributed by atoms with Gasteiger partial charge in [-0.2, -0.15) is 41.5 Å². The molecule has 0 bridgehead atoms. The molecule has 1 aromatic carbocycles. The van der Waals surface area contributed by atoms with Gasteiger partial charge in [0.05, 0.1) is 44.8 Å². The third-order valence-corrected chi connectivity index (χ3v) is 6.85. The number of nitriles is 6. The van der Waals surface area contributed by atoms with Crippen molar-refractivity contribution in [3.8, 4) is 36.4 Å². The number of aromatic nitrogens is 6. The highest BCUT2D eigenvalue weighted by molar-refractivity contribution is 6.21. The van der Waals surface area contributed by atoms with E-state index in [1.165, 1.54) is 18.4 Å². The van der Waals surface area contributed by atoms with Crippen molar-refractivity contribution in [2.24, 2.45) is 0 Å². The second-order valence-electron chi connectivity index (χ2n) is 9.18. The Morgan fingerprint density at radius 2 is 1.06 bits per heavy atom. The molecule has 0 aliphatic carbocycles. The summed E-state index contributed by atoms with van der Waals surface area (Å²) in [7, 11) is 0. The highest BCUT2D eigenvalue weighted by Crippen LogP contribution is 2.33. The Morgan fingerprint density at radius 3 is 1.51 bits per heavy atom. The minimum atomic E-state index is -0.416. The first-order valence-corrected chi connectivity index (χ1v) is 12.8. The summed E-state index contributed by atoms with van der Waals surface area (Å²) >= 11 is 0. The molecule has 0 saturated heterocycles. The summed E-state index contributed by atoms with van der Waals surface area (Å²) in [5, 5.41) is 60.1. The summed E-state index contributed by atoms with van der Waals surface area (Å²) in [5.74, 6) is -1.60. The van der Waals surface area contributed by atoms with Crippen molar-refractivity contribution >= 4 is 55.6 Å². The summed E-state index contributed by atoms with van der Waals surface area (Å²) in [6, 6.07) is 18.9. The maximum Gasteiger partial charge on any atom is 0.326 e. The van der Waals surface area contributed by atoms with Crippen LogP contribution >= 0.6 is 0 Å². The topological polar surface area (TPSA) is 242 Å². The van der Waals surface area contributed by atoms with Crippen molar-refractivity contribution in [1.82, 2.24) is 29.9 Å². The number of nitrogens with zero attached hydrogens (tertiary/aromatic N) is 14. The van der Waals surface area contributed by atoms with Gasteiger partial charge in [0, 0.05) is 16.2 Å². The lowest BCUT2D eigenvalue weighted by atomic mass is 10.0. The van der Waals surface area contributed by atoms with Crippen molar-refractivity contribution < 1.29 is 4.42 Å². The molecule has 0 saturated carbocycles. The Balaban J connectivity index is 1.79. The standard InChI is InChI=1S/C32H6N14O/c1-39-31-26(22(11-35)41-24(13-37)45-31)18(9-33)20-5-3-15-16-7-8-47-30(16)17-4-6-21(44-29(17)28(15)43-20)19(10-34)27-23(12-36)42-25(14-38)46-32(27)40-2/h3-8H/b20-18+,21-19+. The van der Waals surface area contributed by atoms with Crippen LogP contribution in [0.1, 0.15) is 34.2 Å². The number of hydrogen-bond donors (Lipinski definition) is 0. The Labute approximate surface area is 262 Å². The molecule has 5 aromatic heterocycles. The van der Waals surface area contributed by atoms with Crippen LogP contribution in [-0.2, 0) is 0 Å². The van der Waals surface area contributed by atoms with Crippen LogP contribution in [0.5, 0.6) is 0 Å². The lowest BCUT2D eigenvalue weighted by molar-refractivity contribution is 0.619. The van der Waals surface area contributed by atoms with E-state index in [2.05, 4.69) is 29.6 Å². The van der Waals surface area contributed by atoms with E-state index in [1.54, 1.807) is 36.4 Å². The van der Waals surface area contributed by atoms with Crippen molar-refractivity contribution in [2.75, 3.05) is 0 Å². The van der Waals surface area contributed by atoms with Gasteiger partial charge in [0.2, 0.25) is 0 Å². The molecule has 47 heavy (non-hydrogen) atoms. The van der Waals surface area contributed by atoms with Gasteiger partial charge in [0.1, 0.15) is 46.8 Å². The van der Waals surface area contributed by atoms with Gasteiger partial charge in [0.25, 0.3) is 11.6 Å². The van der Waals surface area contributed by atoms with Gasteiger partial charge in [-0.15, -0.1) is 0 Å². The lowest BCUT2D eigenvalue weighted by Gasteiger charge is -2.08. The van der Waals surface area contributed by atoms with E-state index in [1.807, 2.05) is 18.2 Å². The van der Waals surface area contributed by atoms with Gasteiger partial charge in [-0.05, 0) is 30.3 Å². The summed E-state index contributed by atoms with van der Waals surface area (Å²) in [6.45, 7) is 15.1. The van der Waals surface area contributed by atoms with E-state index in [-0.39, 0.29) is 67.0 Å². The Morgan fingerprint density at radius 1 is 0.574 bits per heavy atom. The summed E-state index contributed by atoms with van der Waals surface area (Å²) < 4.78 is 5.76. The Kier molecular flexibility index (Phi) is 6.82. The zero-order chi connectivity index (χ0) is 33.2. The molecule has 0 unspecified atom stereocenters. The third kappa shape index (κ3) is 4.38. The van der Waals surface area contributed by atoms with Crippen LogP contribution in [-0.4, -0.2) is 29.9 Å². The van der Waals surface area contributed by atoms with E-state index in [0.29, 0.717) is 21.7 Å². The highest BCUT2D eigenvalue weighted by atomic mass is 16.3. The monoisotopic (exact) mass is 602 g/mol. The minimum Gasteiger partial charge on any atom is -0.464 e. The van der Waals surface area contributed by atoms with Crippen LogP contribution in [0.15, 0.2) is 41.0 Å². The fourth-order valence-corrected chi connectivity index (χ4v) is 4.95. The van der Waals surface area contributed by atoms with Gasteiger partial charge in [0.15, 0.2) is 12.1 Å². The van der Waals surface area contributed by atoms with Crippen molar-refractivity contribution in [2.45, 2.75) is 0 Å². The van der Waals surface area contributed by atoms with Crippen LogP contribution in [0.25, 0.3) is 53.6 Å². The molecule has 0 amide bonds. The van der Waals surface area contributed by atoms with Gasteiger partial charge in [-0.1, -0.05) is 23.1 Å². The molecule has 15 heteroatoms. The fourth-order valence-electron chi connectivity index (χ4n) is 4.95. The first-order chi connectivity index (χ1) is 22.9. The van der Waals surface area contributed by atoms with E-state index >= 15 is 0 Å². The molecule has 210 valence electrons. The predicted molar refractivity (Wildman–Crippen MR) is 158 cm³/mol. The molecule has 0 atom stereocenters. The number of furan rings is 1. The molecular formula is C32H6N14O. The van der Waals surface area contributed by atoms with E-state index in [4.69, 9.17) is 27.5 Å². The van der Waals surface area contributed by atoms with Crippen LogP contribution < -0.4 is 10.7 Å². The predicted octanol–water partition coefficient (Wildman–Crippen LogP) is 3.14. The average Bonchev–Trinajstić information content (AvgIpc) is 3.62. The van der Waals surface area contributed by atoms with Crippen LogP contribution in [0, 0.1) is 81.1 Å². The molecule has 0 spiro atoms. The van der Waals surface area contributed by atoms with Crippen molar-refractivity contribution in [3.05, 3.63) is 104 Å². The summed E-state index contributed by atoms with van der Waals surface area (Å²) in [6.07, 6.45) is 1.47. The van der Waals surface area contributed by atoms with Gasteiger partial charge in [-0.3, -0.25) is 0 Å². The van der Waals surface area contributed by atoms with Gasteiger partial charge in [-0.25, -0.2) is 9.97 Å². The summed E-state index contributed by atoms with van der Waals surface area (Å²) in [4.78, 5) is 31.4. The smallest absolute Gasteiger partial charge is 0.326 e. The summed E-state index contributed by atoms with van der Waals surface area (Å²) in [5.41, 5.74) is -0.693. The Hall–Kier alpha value is -8.60. The quantitative estimate of drug-likeness (QED) is 0.204. The molecule has 6 rings (SSSR count). The third-order valence-electron chi connectivity index (χ3n) is 6.85. The molecule has 0 aliphatic heterocycles. The van der Waals surface area contributed by atoms with Gasteiger partial charge < -0.3 is 14.1 Å². The van der Waals surface area contributed by atoms with E-state index < -0.39 is 11.6 Å². The van der Waals surface area contributed by atoms with E-state index in [9.17, 15) is 31.6 Å². The minimum absolute atomic E-state index is 0.0150. The number of fused-ring (bicyclic) bond motifs is 6.